The van der Waals surface area contributed by atoms with E-state index < -0.39 is 0 Å². The quantitative estimate of drug-likeness (QED) is 0.840. The molecule has 1 aliphatic heterocycles. The molecule has 1 aromatic rings. The van der Waals surface area contributed by atoms with Gasteiger partial charge in [-0.3, -0.25) is 4.90 Å². The van der Waals surface area contributed by atoms with Crippen LogP contribution in [-0.4, -0.2) is 53.1 Å². The predicted octanol–water partition coefficient (Wildman–Crippen LogP) is 1.91. The van der Waals surface area contributed by atoms with Crippen molar-refractivity contribution in [2.45, 2.75) is 25.8 Å². The van der Waals surface area contributed by atoms with Crippen LogP contribution in [0.25, 0.3) is 0 Å². The molecule has 1 aromatic carbocycles. The fourth-order valence-electron chi connectivity index (χ4n) is 2.62. The lowest BCUT2D eigenvalue weighted by atomic mass is 10.0. The highest BCUT2D eigenvalue weighted by atomic mass is 32.1. The first-order chi connectivity index (χ1) is 9.50. The minimum atomic E-state index is -0.166. The fourth-order valence-corrected chi connectivity index (χ4v) is 2.75. The van der Waals surface area contributed by atoms with Crippen LogP contribution in [0.3, 0.4) is 0 Å². The molecule has 0 amide bonds. The number of hydrogen-bond donors (Lipinski definition) is 1. The van der Waals surface area contributed by atoms with Crippen molar-refractivity contribution in [1.29, 1.82) is 0 Å². The van der Waals surface area contributed by atoms with Crippen LogP contribution < -0.4 is 5.73 Å². The molecule has 110 valence electrons. The molecule has 0 spiro atoms. The van der Waals surface area contributed by atoms with Gasteiger partial charge in [-0.05, 0) is 25.8 Å². The van der Waals surface area contributed by atoms with Crippen LogP contribution >= 0.6 is 12.2 Å². The number of hydrogen-bond acceptors (Lipinski definition) is 3. The van der Waals surface area contributed by atoms with Crippen LogP contribution in [0, 0.1) is 0 Å². The van der Waals surface area contributed by atoms with Gasteiger partial charge in [-0.25, -0.2) is 0 Å². The Hall–Kier alpha value is -0.970. The van der Waals surface area contributed by atoms with Gasteiger partial charge in [0, 0.05) is 32.7 Å². The smallest absolute Gasteiger partial charge is 0.0928 e. The van der Waals surface area contributed by atoms with E-state index >= 15 is 0 Å². The minimum Gasteiger partial charge on any atom is -0.392 e. The highest BCUT2D eigenvalue weighted by molar-refractivity contribution is 7.80. The topological polar surface area (TPSA) is 32.5 Å². The maximum atomic E-state index is 5.85. The van der Waals surface area contributed by atoms with Crippen LogP contribution in [0.2, 0.25) is 0 Å². The van der Waals surface area contributed by atoms with Gasteiger partial charge in [0.05, 0.1) is 10.5 Å². The van der Waals surface area contributed by atoms with E-state index in [2.05, 4.69) is 54.0 Å². The maximum absolute atomic E-state index is 5.85. The zero-order valence-electron chi connectivity index (χ0n) is 12.5. The first kappa shape index (κ1) is 15.4. The summed E-state index contributed by atoms with van der Waals surface area (Å²) in [6, 6.07) is 10.7. The summed E-state index contributed by atoms with van der Waals surface area (Å²) in [7, 11) is 0. The summed E-state index contributed by atoms with van der Waals surface area (Å²) < 4.78 is 0. The second-order valence-corrected chi connectivity index (χ2v) is 6.43. The van der Waals surface area contributed by atoms with E-state index in [-0.39, 0.29) is 5.54 Å². The molecule has 2 N–H and O–H groups in total. The molecule has 0 aromatic heterocycles. The molecule has 0 radical (unpaired) electrons. The summed E-state index contributed by atoms with van der Waals surface area (Å²) in [6.45, 7) is 9.64. The lowest BCUT2D eigenvalue weighted by molar-refractivity contribution is 0.0867. The van der Waals surface area contributed by atoms with Crippen LogP contribution in [0.4, 0.5) is 0 Å². The van der Waals surface area contributed by atoms with Crippen molar-refractivity contribution < 1.29 is 0 Å². The van der Waals surface area contributed by atoms with Gasteiger partial charge in [-0.2, -0.15) is 0 Å². The van der Waals surface area contributed by atoms with Crippen LogP contribution in [-0.2, 0) is 6.42 Å². The summed E-state index contributed by atoms with van der Waals surface area (Å²) in [6.07, 6.45) is 1.12. The van der Waals surface area contributed by atoms with Gasteiger partial charge in [-0.15, -0.1) is 0 Å². The molecule has 1 heterocycles. The zero-order chi connectivity index (χ0) is 14.6. The molecule has 1 fully saturated rings. The SMILES string of the molecule is CC(C)(C(N)=S)N1CCN(CCc2ccccc2)CC1. The molecule has 0 unspecified atom stereocenters. The van der Waals surface area contributed by atoms with Crippen molar-refractivity contribution in [3.63, 3.8) is 0 Å². The summed E-state index contributed by atoms with van der Waals surface area (Å²) in [5.41, 5.74) is 7.10. The average molecular weight is 291 g/mol. The second-order valence-electron chi connectivity index (χ2n) is 5.99. The van der Waals surface area contributed by atoms with Crippen LogP contribution in [0.1, 0.15) is 19.4 Å². The van der Waals surface area contributed by atoms with Gasteiger partial charge in [0.25, 0.3) is 0 Å². The normalized spacial score (nSPS) is 18.1. The number of piperazine rings is 1. The predicted molar refractivity (Wildman–Crippen MR) is 89.0 cm³/mol. The van der Waals surface area contributed by atoms with E-state index in [0.717, 1.165) is 39.1 Å². The lowest BCUT2D eigenvalue weighted by Crippen LogP contribution is -2.59. The van der Waals surface area contributed by atoms with Gasteiger partial charge < -0.3 is 10.6 Å². The number of rotatable bonds is 5. The van der Waals surface area contributed by atoms with E-state index in [1.54, 1.807) is 0 Å². The highest BCUT2D eigenvalue weighted by Crippen LogP contribution is 2.17. The summed E-state index contributed by atoms with van der Waals surface area (Å²) in [4.78, 5) is 5.52. The van der Waals surface area contributed by atoms with Crippen LogP contribution in [0.15, 0.2) is 30.3 Å². The largest absolute Gasteiger partial charge is 0.392 e. The van der Waals surface area contributed by atoms with E-state index in [1.165, 1.54) is 5.56 Å². The van der Waals surface area contributed by atoms with E-state index in [1.807, 2.05) is 0 Å². The molecule has 20 heavy (non-hydrogen) atoms. The molecule has 0 atom stereocenters. The minimum absolute atomic E-state index is 0.166. The Morgan fingerprint density at radius 1 is 1.15 bits per heavy atom. The summed E-state index contributed by atoms with van der Waals surface area (Å²) in [5.74, 6) is 0. The monoisotopic (exact) mass is 291 g/mol. The molecule has 0 saturated carbocycles. The molecule has 4 heteroatoms. The Labute approximate surface area is 127 Å². The molecule has 1 aliphatic rings. The van der Waals surface area contributed by atoms with E-state index in [0.29, 0.717) is 4.99 Å². The third-order valence-corrected chi connectivity index (χ3v) is 4.82. The van der Waals surface area contributed by atoms with Gasteiger partial charge in [-0.1, -0.05) is 42.5 Å². The Morgan fingerprint density at radius 2 is 1.75 bits per heavy atom. The molecule has 0 bridgehead atoms. The molecular formula is C16H25N3S. The summed E-state index contributed by atoms with van der Waals surface area (Å²) in [5, 5.41) is 0. The maximum Gasteiger partial charge on any atom is 0.0928 e. The summed E-state index contributed by atoms with van der Waals surface area (Å²) >= 11 is 5.18. The standard InChI is InChI=1S/C16H25N3S/c1-16(2,15(17)20)19-12-10-18(11-13-19)9-8-14-6-4-3-5-7-14/h3-7H,8-13H2,1-2H3,(H2,17,20). The van der Waals surface area contributed by atoms with Gasteiger partial charge in [0.1, 0.15) is 0 Å². The van der Waals surface area contributed by atoms with Crippen molar-refractivity contribution in [1.82, 2.24) is 9.80 Å². The Morgan fingerprint density at radius 3 is 2.30 bits per heavy atom. The van der Waals surface area contributed by atoms with Gasteiger partial charge in [0.15, 0.2) is 0 Å². The lowest BCUT2D eigenvalue weighted by Gasteiger charge is -2.43. The first-order valence-electron chi connectivity index (χ1n) is 7.31. The van der Waals surface area contributed by atoms with Crippen molar-refractivity contribution in [2.75, 3.05) is 32.7 Å². The number of thiocarbonyl (C=S) groups is 1. The molecule has 2 rings (SSSR count). The number of nitrogens with two attached hydrogens (primary N) is 1. The zero-order valence-corrected chi connectivity index (χ0v) is 13.3. The molecule has 1 saturated heterocycles. The molecule has 0 aliphatic carbocycles. The van der Waals surface area contributed by atoms with Crippen molar-refractivity contribution in [2.24, 2.45) is 5.73 Å². The second kappa shape index (κ2) is 6.66. The average Bonchev–Trinajstić information content (AvgIpc) is 2.46. The van der Waals surface area contributed by atoms with E-state index in [4.69, 9.17) is 18.0 Å². The molecular weight excluding hydrogens is 266 g/mol. The number of nitrogens with zero attached hydrogens (tertiary/aromatic N) is 2. The van der Waals surface area contributed by atoms with Crippen molar-refractivity contribution in [3.05, 3.63) is 35.9 Å². The first-order valence-corrected chi connectivity index (χ1v) is 7.72. The van der Waals surface area contributed by atoms with Gasteiger partial charge >= 0.3 is 0 Å². The Kier molecular flexibility index (Phi) is 5.13. The van der Waals surface area contributed by atoms with Crippen molar-refractivity contribution >= 4 is 17.2 Å². The van der Waals surface area contributed by atoms with Crippen LogP contribution in [0.5, 0.6) is 0 Å². The third kappa shape index (κ3) is 3.78. The van der Waals surface area contributed by atoms with Crippen molar-refractivity contribution in [3.8, 4) is 0 Å². The van der Waals surface area contributed by atoms with E-state index in [9.17, 15) is 0 Å². The Bertz CT molecular complexity index is 436. The van der Waals surface area contributed by atoms with Gasteiger partial charge in [0.2, 0.25) is 0 Å². The highest BCUT2D eigenvalue weighted by Gasteiger charge is 2.31. The Balaban J connectivity index is 1.79. The molecule has 3 nitrogen and oxygen atoms in total. The third-order valence-electron chi connectivity index (χ3n) is 4.33. The number of benzene rings is 1. The fraction of sp³-hybridized carbons (Fsp3) is 0.562.